The van der Waals surface area contributed by atoms with Gasteiger partial charge in [-0.05, 0) is 25.5 Å². The highest BCUT2D eigenvalue weighted by atomic mass is 35.5. The van der Waals surface area contributed by atoms with Crippen LogP contribution < -0.4 is 5.32 Å². The summed E-state index contributed by atoms with van der Waals surface area (Å²) in [5.74, 6) is 0.353. The van der Waals surface area contributed by atoms with Crippen LogP contribution in [0.3, 0.4) is 0 Å². The van der Waals surface area contributed by atoms with E-state index in [9.17, 15) is 0 Å². The Morgan fingerprint density at radius 3 is 2.52 bits per heavy atom. The zero-order valence-corrected chi connectivity index (χ0v) is 14.7. The molecule has 0 radical (unpaired) electrons. The number of nitrogens with one attached hydrogen (secondary N) is 1. The molecule has 0 aliphatic rings. The molecule has 0 bridgehead atoms. The van der Waals surface area contributed by atoms with E-state index in [1.807, 2.05) is 12.1 Å². The first-order valence-electron chi connectivity index (χ1n) is 7.38. The quantitative estimate of drug-likeness (QED) is 0.831. The summed E-state index contributed by atoms with van der Waals surface area (Å²) < 4.78 is 0. The fraction of sp³-hybridized carbons (Fsp3) is 0.471. The van der Waals surface area contributed by atoms with E-state index in [4.69, 9.17) is 11.6 Å². The number of nitrogens with zero attached hydrogens (tertiary/aromatic N) is 1. The summed E-state index contributed by atoms with van der Waals surface area (Å²) in [6, 6.07) is 8.60. The molecular weight excluding hydrogens is 300 g/mol. The highest BCUT2D eigenvalue weighted by Gasteiger charge is 2.18. The maximum atomic E-state index is 6.39. The summed E-state index contributed by atoms with van der Waals surface area (Å²) in [6.45, 7) is 9.46. The van der Waals surface area contributed by atoms with Crippen LogP contribution in [-0.2, 0) is 6.42 Å². The predicted molar refractivity (Wildman–Crippen MR) is 92.6 cm³/mol. The van der Waals surface area contributed by atoms with Gasteiger partial charge in [0.2, 0.25) is 0 Å². The summed E-state index contributed by atoms with van der Waals surface area (Å²) in [6.07, 6.45) is 0.933. The third-order valence-electron chi connectivity index (χ3n) is 3.61. The predicted octanol–water partition coefficient (Wildman–Crippen LogP) is 4.74. The molecule has 114 valence electrons. The van der Waals surface area contributed by atoms with Crippen LogP contribution in [0.15, 0.2) is 24.3 Å². The van der Waals surface area contributed by atoms with Gasteiger partial charge in [-0.1, -0.05) is 43.6 Å². The third-order valence-corrected chi connectivity index (χ3v) is 5.05. The van der Waals surface area contributed by atoms with Crippen LogP contribution in [0.2, 0.25) is 5.02 Å². The first kappa shape index (κ1) is 16.5. The lowest BCUT2D eigenvalue weighted by atomic mass is 9.95. The Hall–Kier alpha value is -0.900. The molecular formula is C17H23ClN2S. The maximum absolute atomic E-state index is 6.39. The molecule has 0 aliphatic heterocycles. The Labute approximate surface area is 136 Å². The zero-order chi connectivity index (χ0) is 15.4. The number of hydrogen-bond donors (Lipinski definition) is 1. The molecule has 0 aliphatic carbocycles. The van der Waals surface area contributed by atoms with Gasteiger partial charge in [-0.2, -0.15) is 0 Å². The average Bonchev–Trinajstić information content (AvgIpc) is 2.74. The lowest BCUT2D eigenvalue weighted by molar-refractivity contribution is 0.526. The molecule has 1 aromatic heterocycles. The molecule has 2 aromatic rings. The maximum Gasteiger partial charge on any atom is 0.0937 e. The number of rotatable bonds is 6. The van der Waals surface area contributed by atoms with Crippen LogP contribution in [0.5, 0.6) is 0 Å². The minimum absolute atomic E-state index is 0.353. The molecule has 1 N–H and O–H groups in total. The van der Waals surface area contributed by atoms with Crippen molar-refractivity contribution in [3.05, 3.63) is 50.4 Å². The number of halogens is 1. The van der Waals surface area contributed by atoms with Crippen LogP contribution in [-0.4, -0.2) is 17.6 Å². The number of hydrogen-bond acceptors (Lipinski definition) is 3. The van der Waals surface area contributed by atoms with Gasteiger partial charge in [-0.3, -0.25) is 0 Å². The molecule has 1 unspecified atom stereocenters. The molecule has 21 heavy (non-hydrogen) atoms. The van der Waals surface area contributed by atoms with Gasteiger partial charge in [0.25, 0.3) is 0 Å². The molecule has 0 amide bonds. The normalized spacial score (nSPS) is 12.9. The fourth-order valence-corrected chi connectivity index (χ4v) is 3.62. The number of aryl methyl sites for hydroxylation is 2. The minimum Gasteiger partial charge on any atom is -0.314 e. The van der Waals surface area contributed by atoms with Gasteiger partial charge in [0, 0.05) is 34.8 Å². The van der Waals surface area contributed by atoms with Gasteiger partial charge in [-0.25, -0.2) is 4.98 Å². The molecule has 1 atom stereocenters. The second-order valence-electron chi connectivity index (χ2n) is 5.73. The first-order chi connectivity index (χ1) is 9.97. The summed E-state index contributed by atoms with van der Waals surface area (Å²) in [5.41, 5.74) is 2.35. The molecule has 2 nitrogen and oxygen atoms in total. The zero-order valence-electron chi connectivity index (χ0n) is 13.1. The van der Waals surface area contributed by atoms with Crippen molar-refractivity contribution in [2.45, 2.75) is 46.1 Å². The number of aromatic nitrogens is 1. The Morgan fingerprint density at radius 1 is 1.24 bits per heavy atom. The van der Waals surface area contributed by atoms with E-state index in [-0.39, 0.29) is 0 Å². The van der Waals surface area contributed by atoms with Crippen molar-refractivity contribution in [2.75, 3.05) is 6.54 Å². The highest BCUT2D eigenvalue weighted by Crippen LogP contribution is 2.29. The molecule has 2 rings (SSSR count). The molecule has 0 fully saturated rings. The van der Waals surface area contributed by atoms with Crippen molar-refractivity contribution in [1.29, 1.82) is 0 Å². The molecule has 0 spiro atoms. The van der Waals surface area contributed by atoms with Crippen molar-refractivity contribution in [1.82, 2.24) is 10.3 Å². The number of benzene rings is 1. The van der Waals surface area contributed by atoms with E-state index in [0.29, 0.717) is 12.0 Å². The minimum atomic E-state index is 0.353. The Morgan fingerprint density at radius 2 is 1.95 bits per heavy atom. The molecule has 0 saturated carbocycles. The van der Waals surface area contributed by atoms with Crippen molar-refractivity contribution < 1.29 is 0 Å². The molecule has 1 aromatic carbocycles. The van der Waals surface area contributed by atoms with Crippen molar-refractivity contribution in [2.24, 2.45) is 0 Å². The van der Waals surface area contributed by atoms with Crippen LogP contribution >= 0.6 is 22.9 Å². The average molecular weight is 323 g/mol. The molecule has 4 heteroatoms. The monoisotopic (exact) mass is 322 g/mol. The Balaban J connectivity index is 2.21. The van der Waals surface area contributed by atoms with Crippen molar-refractivity contribution in [3.8, 4) is 0 Å². The van der Waals surface area contributed by atoms with E-state index < -0.39 is 0 Å². The summed E-state index contributed by atoms with van der Waals surface area (Å²) in [7, 11) is 0. The van der Waals surface area contributed by atoms with Gasteiger partial charge in [0.05, 0.1) is 10.7 Å². The Kier molecular flexibility index (Phi) is 5.80. The first-order valence-corrected chi connectivity index (χ1v) is 8.57. The van der Waals surface area contributed by atoms with Gasteiger partial charge in [-0.15, -0.1) is 11.3 Å². The smallest absolute Gasteiger partial charge is 0.0937 e. The van der Waals surface area contributed by atoms with Gasteiger partial charge >= 0.3 is 0 Å². The highest BCUT2D eigenvalue weighted by molar-refractivity contribution is 7.11. The molecule has 1 heterocycles. The third kappa shape index (κ3) is 4.53. The topological polar surface area (TPSA) is 24.9 Å². The van der Waals surface area contributed by atoms with Crippen LogP contribution in [0.25, 0.3) is 0 Å². The van der Waals surface area contributed by atoms with Crippen molar-refractivity contribution >= 4 is 22.9 Å². The lowest BCUT2D eigenvalue weighted by Crippen LogP contribution is -2.29. The van der Waals surface area contributed by atoms with Crippen LogP contribution in [0, 0.1) is 13.8 Å². The standard InChI is InChI=1S/C17H23ClN2S/c1-11(2)19-10-14(15-7-5-6-8-16(15)18)9-17-20-12(3)13(4)21-17/h5-8,11,14,19H,9-10H2,1-4H3. The summed E-state index contributed by atoms with van der Waals surface area (Å²) in [4.78, 5) is 5.99. The van der Waals surface area contributed by atoms with Gasteiger partial charge in [0.1, 0.15) is 0 Å². The number of thiazole rings is 1. The second-order valence-corrected chi connectivity index (χ2v) is 7.43. The van der Waals surface area contributed by atoms with Crippen molar-refractivity contribution in [3.63, 3.8) is 0 Å². The van der Waals surface area contributed by atoms with E-state index in [1.54, 1.807) is 11.3 Å². The summed E-state index contributed by atoms with van der Waals surface area (Å²) >= 11 is 8.19. The Bertz CT molecular complexity index is 573. The summed E-state index contributed by atoms with van der Waals surface area (Å²) in [5, 5.41) is 5.57. The lowest BCUT2D eigenvalue weighted by Gasteiger charge is -2.20. The van der Waals surface area contributed by atoms with Crippen LogP contribution in [0.1, 0.15) is 40.9 Å². The largest absolute Gasteiger partial charge is 0.314 e. The fourth-order valence-electron chi connectivity index (χ4n) is 2.31. The van der Waals surface area contributed by atoms with Gasteiger partial charge < -0.3 is 5.32 Å². The molecule has 0 saturated heterocycles. The second kappa shape index (κ2) is 7.39. The van der Waals surface area contributed by atoms with E-state index >= 15 is 0 Å². The SMILES string of the molecule is Cc1nc(CC(CNC(C)C)c2ccccc2Cl)sc1C. The van der Waals surface area contributed by atoms with E-state index in [2.05, 4.69) is 50.1 Å². The van der Waals surface area contributed by atoms with Gasteiger partial charge in [0.15, 0.2) is 0 Å². The van der Waals surface area contributed by atoms with E-state index in [1.165, 1.54) is 15.4 Å². The van der Waals surface area contributed by atoms with Crippen LogP contribution in [0.4, 0.5) is 0 Å². The van der Waals surface area contributed by atoms with E-state index in [0.717, 1.165) is 23.7 Å².